The summed E-state index contributed by atoms with van der Waals surface area (Å²) in [6.07, 6.45) is 0. The fraction of sp³-hybridized carbons (Fsp3) is 0.588. The van der Waals surface area contributed by atoms with Crippen LogP contribution in [0.4, 0.5) is 4.79 Å². The lowest BCUT2D eigenvalue weighted by Gasteiger charge is -2.39. The van der Waals surface area contributed by atoms with Gasteiger partial charge in [0.15, 0.2) is 0 Å². The zero-order valence-corrected chi connectivity index (χ0v) is 16.0. The molecule has 2 amide bonds. The number of amides is 2. The van der Waals surface area contributed by atoms with E-state index in [-0.39, 0.29) is 6.03 Å². The zero-order valence-electron chi connectivity index (χ0n) is 15.2. The molecule has 0 atom stereocenters. The Labute approximate surface area is 155 Å². The molecular weight excluding hydrogens is 354 g/mol. The summed E-state index contributed by atoms with van der Waals surface area (Å²) in [7, 11) is -1.43. The van der Waals surface area contributed by atoms with Crippen LogP contribution in [0.15, 0.2) is 30.3 Å². The molecule has 0 radical (unpaired) electrons. The standard InChI is InChI=1S/C17H27N5O3S/c1-19-7-11-21(12-8-19)26(24,25)22-13-9-20(10-14-22)17(23)18-15-16-5-3-2-4-6-16/h2-6H,7-15H2,1H3,(H,18,23). The number of carbonyl (C=O) groups is 1. The van der Waals surface area contributed by atoms with Gasteiger partial charge in [0, 0.05) is 58.9 Å². The molecule has 2 aliphatic heterocycles. The van der Waals surface area contributed by atoms with Crippen LogP contribution in [0.3, 0.4) is 0 Å². The predicted molar refractivity (Wildman–Crippen MR) is 99.8 cm³/mol. The molecule has 2 heterocycles. The first-order valence-corrected chi connectivity index (χ1v) is 10.4. The molecule has 3 rings (SSSR count). The van der Waals surface area contributed by atoms with E-state index < -0.39 is 10.2 Å². The predicted octanol–water partition coefficient (Wildman–Crippen LogP) is 0.00600. The SMILES string of the molecule is CN1CCN(S(=O)(=O)N2CCN(C(=O)NCc3ccccc3)CC2)CC1. The Balaban J connectivity index is 1.48. The molecule has 9 heteroatoms. The average molecular weight is 382 g/mol. The molecule has 0 saturated carbocycles. The van der Waals surface area contributed by atoms with Crippen molar-refractivity contribution < 1.29 is 13.2 Å². The minimum atomic E-state index is -3.43. The van der Waals surface area contributed by atoms with Gasteiger partial charge in [-0.05, 0) is 12.6 Å². The van der Waals surface area contributed by atoms with E-state index in [1.165, 1.54) is 4.31 Å². The summed E-state index contributed by atoms with van der Waals surface area (Å²) in [4.78, 5) is 16.1. The fourth-order valence-corrected chi connectivity index (χ4v) is 4.77. The van der Waals surface area contributed by atoms with Crippen molar-refractivity contribution in [2.75, 3.05) is 59.4 Å². The molecule has 2 fully saturated rings. The summed E-state index contributed by atoms with van der Waals surface area (Å²) >= 11 is 0. The Morgan fingerprint density at radius 1 is 0.923 bits per heavy atom. The van der Waals surface area contributed by atoms with Gasteiger partial charge in [-0.3, -0.25) is 0 Å². The largest absolute Gasteiger partial charge is 0.334 e. The van der Waals surface area contributed by atoms with E-state index >= 15 is 0 Å². The Hall–Kier alpha value is -1.68. The van der Waals surface area contributed by atoms with Crippen molar-refractivity contribution in [3.05, 3.63) is 35.9 Å². The Morgan fingerprint density at radius 2 is 1.46 bits per heavy atom. The number of hydrogen-bond acceptors (Lipinski definition) is 4. The van der Waals surface area contributed by atoms with Gasteiger partial charge in [-0.25, -0.2) is 4.79 Å². The smallest absolute Gasteiger partial charge is 0.317 e. The number of urea groups is 1. The van der Waals surface area contributed by atoms with E-state index in [4.69, 9.17) is 0 Å². The van der Waals surface area contributed by atoms with Crippen molar-refractivity contribution in [2.24, 2.45) is 0 Å². The van der Waals surface area contributed by atoms with Crippen LogP contribution in [0, 0.1) is 0 Å². The van der Waals surface area contributed by atoms with Crippen molar-refractivity contribution in [1.82, 2.24) is 23.7 Å². The maximum Gasteiger partial charge on any atom is 0.317 e. The van der Waals surface area contributed by atoms with Crippen molar-refractivity contribution in [2.45, 2.75) is 6.54 Å². The second-order valence-electron chi connectivity index (χ2n) is 6.74. The van der Waals surface area contributed by atoms with Gasteiger partial charge < -0.3 is 15.1 Å². The normalized spacial score (nSPS) is 20.9. The van der Waals surface area contributed by atoms with Crippen LogP contribution >= 0.6 is 0 Å². The minimum Gasteiger partial charge on any atom is -0.334 e. The van der Waals surface area contributed by atoms with Gasteiger partial charge in [-0.1, -0.05) is 30.3 Å². The first-order valence-electron chi connectivity index (χ1n) is 8.97. The lowest BCUT2D eigenvalue weighted by atomic mass is 10.2. The van der Waals surface area contributed by atoms with E-state index in [9.17, 15) is 13.2 Å². The summed E-state index contributed by atoms with van der Waals surface area (Å²) in [5.41, 5.74) is 1.04. The van der Waals surface area contributed by atoms with Crippen LogP contribution in [0.5, 0.6) is 0 Å². The minimum absolute atomic E-state index is 0.148. The van der Waals surface area contributed by atoms with Crippen LogP contribution in [0.2, 0.25) is 0 Å². The van der Waals surface area contributed by atoms with Crippen molar-refractivity contribution >= 4 is 16.2 Å². The third-order valence-corrected chi connectivity index (χ3v) is 6.96. The summed E-state index contributed by atoms with van der Waals surface area (Å²) in [6.45, 7) is 4.52. The lowest BCUT2D eigenvalue weighted by Crippen LogP contribution is -2.58. The van der Waals surface area contributed by atoms with Gasteiger partial charge in [0.05, 0.1) is 0 Å². The lowest BCUT2D eigenvalue weighted by molar-refractivity contribution is 0.163. The van der Waals surface area contributed by atoms with Crippen molar-refractivity contribution in [1.29, 1.82) is 0 Å². The summed E-state index contributed by atoms with van der Waals surface area (Å²) < 4.78 is 28.6. The summed E-state index contributed by atoms with van der Waals surface area (Å²) in [6, 6.07) is 9.57. The first kappa shape index (κ1) is 19.1. The fourth-order valence-electron chi connectivity index (χ4n) is 3.19. The molecule has 0 aromatic heterocycles. The molecule has 2 aliphatic rings. The van der Waals surface area contributed by atoms with Gasteiger partial charge in [0.2, 0.25) is 0 Å². The van der Waals surface area contributed by atoms with Crippen molar-refractivity contribution in [3.63, 3.8) is 0 Å². The highest BCUT2D eigenvalue weighted by Gasteiger charge is 2.34. The zero-order chi connectivity index (χ0) is 18.6. The average Bonchev–Trinajstić information content (AvgIpc) is 2.67. The molecule has 2 saturated heterocycles. The molecule has 1 aromatic rings. The van der Waals surface area contributed by atoms with Gasteiger partial charge in [-0.15, -0.1) is 0 Å². The van der Waals surface area contributed by atoms with E-state index in [2.05, 4.69) is 10.2 Å². The highest BCUT2D eigenvalue weighted by atomic mass is 32.2. The van der Waals surface area contributed by atoms with E-state index in [0.29, 0.717) is 45.8 Å². The molecule has 0 unspecified atom stereocenters. The highest BCUT2D eigenvalue weighted by Crippen LogP contribution is 2.14. The maximum absolute atomic E-state index is 12.7. The quantitative estimate of drug-likeness (QED) is 0.797. The molecular formula is C17H27N5O3S. The van der Waals surface area contributed by atoms with Gasteiger partial charge >= 0.3 is 6.03 Å². The van der Waals surface area contributed by atoms with E-state index in [1.54, 1.807) is 9.21 Å². The Kier molecular flexibility index (Phi) is 6.13. The second kappa shape index (κ2) is 8.34. The Bertz CT molecular complexity index is 696. The molecule has 1 N–H and O–H groups in total. The number of rotatable bonds is 4. The summed E-state index contributed by atoms with van der Waals surface area (Å²) in [5.74, 6) is 0. The monoisotopic (exact) mass is 381 g/mol. The van der Waals surface area contributed by atoms with Crippen LogP contribution in [0.25, 0.3) is 0 Å². The second-order valence-corrected chi connectivity index (χ2v) is 8.67. The third-order valence-electron chi connectivity index (χ3n) is 4.93. The number of benzene rings is 1. The number of likely N-dealkylation sites (N-methyl/N-ethyl adjacent to an activating group) is 1. The van der Waals surface area contributed by atoms with Gasteiger partial charge in [0.25, 0.3) is 10.2 Å². The topological polar surface area (TPSA) is 76.2 Å². The van der Waals surface area contributed by atoms with Gasteiger partial charge in [0.1, 0.15) is 0 Å². The number of piperazine rings is 2. The highest BCUT2D eigenvalue weighted by molar-refractivity contribution is 7.86. The van der Waals surface area contributed by atoms with E-state index in [0.717, 1.165) is 18.7 Å². The Morgan fingerprint density at radius 3 is 2.04 bits per heavy atom. The molecule has 26 heavy (non-hydrogen) atoms. The molecule has 1 aromatic carbocycles. The molecule has 0 bridgehead atoms. The van der Waals surface area contributed by atoms with Crippen LogP contribution in [0.1, 0.15) is 5.56 Å². The van der Waals surface area contributed by atoms with E-state index in [1.807, 2.05) is 37.4 Å². The number of nitrogens with zero attached hydrogens (tertiary/aromatic N) is 4. The first-order chi connectivity index (χ1) is 12.5. The third kappa shape index (κ3) is 4.53. The summed E-state index contributed by atoms with van der Waals surface area (Å²) in [5, 5.41) is 2.89. The van der Waals surface area contributed by atoms with Crippen LogP contribution in [-0.2, 0) is 16.8 Å². The maximum atomic E-state index is 12.7. The van der Waals surface area contributed by atoms with Crippen LogP contribution in [-0.4, -0.2) is 92.3 Å². The molecule has 0 spiro atoms. The number of hydrogen-bond donors (Lipinski definition) is 1. The molecule has 144 valence electrons. The number of nitrogens with one attached hydrogen (secondary N) is 1. The van der Waals surface area contributed by atoms with Crippen LogP contribution < -0.4 is 5.32 Å². The van der Waals surface area contributed by atoms with Gasteiger partial charge in [-0.2, -0.15) is 17.0 Å². The molecule has 0 aliphatic carbocycles. The number of carbonyl (C=O) groups excluding carboxylic acids is 1. The van der Waals surface area contributed by atoms with Crippen molar-refractivity contribution in [3.8, 4) is 0 Å². The molecule has 8 nitrogen and oxygen atoms in total.